The minimum Gasteiger partial charge on any atom is -0.373 e. The number of nitrogens with zero attached hydrogens (tertiary/aromatic N) is 1. The Morgan fingerprint density at radius 2 is 2.00 bits per heavy atom. The number of nitrogens with two attached hydrogens (primary N) is 1. The molecule has 0 aliphatic carbocycles. The number of ether oxygens (including phenoxy) is 1. The van der Waals surface area contributed by atoms with E-state index < -0.39 is 0 Å². The van der Waals surface area contributed by atoms with E-state index in [1.165, 1.54) is 0 Å². The molecular formula is C11H22N2O. The number of hydrogen-bond donors (Lipinski definition) is 1. The first-order chi connectivity index (χ1) is 6.64. The van der Waals surface area contributed by atoms with Gasteiger partial charge in [0, 0.05) is 31.8 Å². The molecule has 2 fully saturated rings. The molecule has 3 heteroatoms. The molecule has 1 atom stereocenters. The van der Waals surface area contributed by atoms with Crippen molar-refractivity contribution < 1.29 is 4.74 Å². The molecule has 1 unspecified atom stereocenters. The van der Waals surface area contributed by atoms with Gasteiger partial charge in [-0.1, -0.05) is 0 Å². The maximum absolute atomic E-state index is 6.12. The van der Waals surface area contributed by atoms with E-state index in [2.05, 4.69) is 18.7 Å². The highest BCUT2D eigenvalue weighted by Gasteiger charge is 2.44. The molecule has 0 aromatic rings. The van der Waals surface area contributed by atoms with Crippen LogP contribution in [0.4, 0.5) is 0 Å². The zero-order valence-electron chi connectivity index (χ0n) is 9.33. The summed E-state index contributed by atoms with van der Waals surface area (Å²) in [5, 5.41) is 0. The number of rotatable bonds is 1. The monoisotopic (exact) mass is 198 g/mol. The fourth-order valence-electron chi connectivity index (χ4n) is 2.69. The van der Waals surface area contributed by atoms with Crippen molar-refractivity contribution in [2.24, 2.45) is 5.73 Å². The van der Waals surface area contributed by atoms with Gasteiger partial charge < -0.3 is 15.4 Å². The van der Waals surface area contributed by atoms with Gasteiger partial charge in [-0.2, -0.15) is 0 Å². The standard InChI is InChI=1S/C11H22N2O/c1-9(2)13-6-4-11(5-7-13)10(12)3-8-14-11/h9-10H,3-8,12H2,1-2H3. The molecule has 0 bridgehead atoms. The SMILES string of the molecule is CC(C)N1CCC2(CC1)OCCC2N. The zero-order valence-corrected chi connectivity index (χ0v) is 9.33. The van der Waals surface area contributed by atoms with Crippen LogP contribution in [-0.4, -0.2) is 42.3 Å². The predicted octanol–water partition coefficient (Wildman–Crippen LogP) is 0.977. The van der Waals surface area contributed by atoms with E-state index in [0.717, 1.165) is 39.0 Å². The van der Waals surface area contributed by atoms with Crippen molar-refractivity contribution in [3.8, 4) is 0 Å². The summed E-state index contributed by atoms with van der Waals surface area (Å²) in [6.07, 6.45) is 3.28. The van der Waals surface area contributed by atoms with Crippen molar-refractivity contribution in [3.63, 3.8) is 0 Å². The zero-order chi connectivity index (χ0) is 10.2. The van der Waals surface area contributed by atoms with Crippen LogP contribution in [0.5, 0.6) is 0 Å². The Bertz CT molecular complexity index is 197. The molecule has 82 valence electrons. The third kappa shape index (κ3) is 1.69. The summed E-state index contributed by atoms with van der Waals surface area (Å²) in [7, 11) is 0. The normalized spacial score (nSPS) is 33.0. The van der Waals surface area contributed by atoms with Crippen molar-refractivity contribution in [2.75, 3.05) is 19.7 Å². The van der Waals surface area contributed by atoms with Gasteiger partial charge in [0.2, 0.25) is 0 Å². The van der Waals surface area contributed by atoms with Crippen molar-refractivity contribution in [3.05, 3.63) is 0 Å². The van der Waals surface area contributed by atoms with Crippen molar-refractivity contribution in [2.45, 2.75) is 50.8 Å². The summed E-state index contributed by atoms with van der Waals surface area (Å²) >= 11 is 0. The van der Waals surface area contributed by atoms with E-state index in [1.54, 1.807) is 0 Å². The lowest BCUT2D eigenvalue weighted by atomic mass is 9.84. The Labute approximate surface area is 86.6 Å². The molecule has 2 rings (SSSR count). The minimum atomic E-state index is 0.0331. The first-order valence-corrected chi connectivity index (χ1v) is 5.78. The number of piperidine rings is 1. The van der Waals surface area contributed by atoms with Crippen LogP contribution in [0.1, 0.15) is 33.1 Å². The first-order valence-electron chi connectivity index (χ1n) is 5.78. The Hall–Kier alpha value is -0.120. The minimum absolute atomic E-state index is 0.0331. The van der Waals surface area contributed by atoms with Crippen LogP contribution >= 0.6 is 0 Å². The summed E-state index contributed by atoms with van der Waals surface area (Å²) in [5.41, 5.74) is 6.16. The topological polar surface area (TPSA) is 38.5 Å². The van der Waals surface area contributed by atoms with Gasteiger partial charge in [-0.15, -0.1) is 0 Å². The summed E-state index contributed by atoms with van der Waals surface area (Å²) in [4.78, 5) is 2.51. The molecule has 2 aliphatic rings. The van der Waals surface area contributed by atoms with Crippen LogP contribution in [0.3, 0.4) is 0 Å². The molecule has 0 radical (unpaired) electrons. The fraction of sp³-hybridized carbons (Fsp3) is 1.00. The molecule has 2 heterocycles. The smallest absolute Gasteiger partial charge is 0.0857 e. The van der Waals surface area contributed by atoms with E-state index in [-0.39, 0.29) is 11.6 Å². The Morgan fingerprint density at radius 1 is 1.36 bits per heavy atom. The van der Waals surface area contributed by atoms with Gasteiger partial charge in [0.05, 0.1) is 5.60 Å². The Balaban J connectivity index is 1.94. The van der Waals surface area contributed by atoms with Gasteiger partial charge in [-0.3, -0.25) is 0 Å². The van der Waals surface area contributed by atoms with Crippen LogP contribution < -0.4 is 5.73 Å². The molecule has 3 nitrogen and oxygen atoms in total. The van der Waals surface area contributed by atoms with Gasteiger partial charge in [-0.05, 0) is 33.1 Å². The largest absolute Gasteiger partial charge is 0.373 e. The van der Waals surface area contributed by atoms with Gasteiger partial charge in [0.15, 0.2) is 0 Å². The molecule has 0 saturated carbocycles. The molecule has 1 spiro atoms. The van der Waals surface area contributed by atoms with Gasteiger partial charge in [0.1, 0.15) is 0 Å². The average molecular weight is 198 g/mol. The van der Waals surface area contributed by atoms with Gasteiger partial charge in [-0.25, -0.2) is 0 Å². The fourth-order valence-corrected chi connectivity index (χ4v) is 2.69. The van der Waals surface area contributed by atoms with Crippen LogP contribution in [0, 0.1) is 0 Å². The van der Waals surface area contributed by atoms with E-state index in [1.807, 2.05) is 0 Å². The van der Waals surface area contributed by atoms with Crippen LogP contribution in [0.15, 0.2) is 0 Å². The summed E-state index contributed by atoms with van der Waals surface area (Å²) < 4.78 is 5.87. The van der Waals surface area contributed by atoms with E-state index in [4.69, 9.17) is 10.5 Å². The second-order valence-electron chi connectivity index (χ2n) is 4.94. The maximum Gasteiger partial charge on any atom is 0.0857 e. The quantitative estimate of drug-likeness (QED) is 0.682. The Kier molecular flexibility index (Phi) is 2.82. The van der Waals surface area contributed by atoms with Crippen LogP contribution in [-0.2, 0) is 4.74 Å². The number of likely N-dealkylation sites (tertiary alicyclic amines) is 1. The summed E-state index contributed by atoms with van der Waals surface area (Å²) in [5.74, 6) is 0. The van der Waals surface area contributed by atoms with E-state index in [0.29, 0.717) is 6.04 Å². The lowest BCUT2D eigenvalue weighted by Gasteiger charge is -2.42. The molecule has 0 amide bonds. The summed E-state index contributed by atoms with van der Waals surface area (Å²) in [6, 6.07) is 0.932. The van der Waals surface area contributed by atoms with E-state index in [9.17, 15) is 0 Å². The van der Waals surface area contributed by atoms with Crippen molar-refractivity contribution >= 4 is 0 Å². The predicted molar refractivity (Wildman–Crippen MR) is 57.2 cm³/mol. The average Bonchev–Trinajstić information content (AvgIpc) is 2.49. The Morgan fingerprint density at radius 3 is 2.43 bits per heavy atom. The lowest BCUT2D eigenvalue weighted by molar-refractivity contribution is -0.0555. The molecule has 2 N–H and O–H groups in total. The highest BCUT2D eigenvalue weighted by atomic mass is 16.5. The maximum atomic E-state index is 6.12. The summed E-state index contributed by atoms with van der Waals surface area (Å²) in [6.45, 7) is 7.67. The highest BCUT2D eigenvalue weighted by Crippen LogP contribution is 2.35. The molecule has 2 saturated heterocycles. The van der Waals surface area contributed by atoms with Crippen LogP contribution in [0.25, 0.3) is 0 Å². The molecule has 0 aromatic heterocycles. The second kappa shape index (κ2) is 3.80. The second-order valence-corrected chi connectivity index (χ2v) is 4.94. The third-order valence-electron chi connectivity index (χ3n) is 3.87. The molecular weight excluding hydrogens is 176 g/mol. The molecule has 14 heavy (non-hydrogen) atoms. The van der Waals surface area contributed by atoms with Gasteiger partial charge >= 0.3 is 0 Å². The van der Waals surface area contributed by atoms with Crippen molar-refractivity contribution in [1.82, 2.24) is 4.90 Å². The van der Waals surface area contributed by atoms with E-state index >= 15 is 0 Å². The van der Waals surface area contributed by atoms with Crippen LogP contribution in [0.2, 0.25) is 0 Å². The van der Waals surface area contributed by atoms with Crippen molar-refractivity contribution in [1.29, 1.82) is 0 Å². The third-order valence-corrected chi connectivity index (χ3v) is 3.87. The molecule has 2 aliphatic heterocycles. The number of hydrogen-bond acceptors (Lipinski definition) is 3. The van der Waals surface area contributed by atoms with Gasteiger partial charge in [0.25, 0.3) is 0 Å². The first kappa shape index (κ1) is 10.4. The highest BCUT2D eigenvalue weighted by molar-refractivity contribution is 4.99. The molecule has 0 aromatic carbocycles. The lowest BCUT2D eigenvalue weighted by Crippen LogP contribution is -2.53.